The number of anilines is 1. The first-order chi connectivity index (χ1) is 9.75. The number of halogens is 1. The normalized spacial score (nSPS) is 13.7. The predicted octanol–water partition coefficient (Wildman–Crippen LogP) is 2.63. The maximum absolute atomic E-state index is 12.3. The average molecular weight is 288 g/mol. The summed E-state index contributed by atoms with van der Waals surface area (Å²) in [6, 6.07) is 7.60. The molecule has 4 nitrogen and oxygen atoms in total. The Morgan fingerprint density at radius 3 is 3.10 bits per heavy atom. The third-order valence-corrected chi connectivity index (χ3v) is 3.71. The lowest BCUT2D eigenvalue weighted by Gasteiger charge is -2.20. The molecule has 0 radical (unpaired) electrons. The molecule has 2 N–H and O–H groups in total. The molecule has 102 valence electrons. The highest BCUT2D eigenvalue weighted by Crippen LogP contribution is 2.24. The Labute approximate surface area is 122 Å². The second-order valence-electron chi connectivity index (χ2n) is 4.68. The second kappa shape index (κ2) is 5.61. The van der Waals surface area contributed by atoms with Crippen LogP contribution < -0.4 is 10.6 Å². The Hall–Kier alpha value is -1.91. The second-order valence-corrected chi connectivity index (χ2v) is 5.09. The van der Waals surface area contributed by atoms with Crippen molar-refractivity contribution in [3.05, 3.63) is 58.4 Å². The molecule has 0 aliphatic carbocycles. The Balaban J connectivity index is 1.89. The fourth-order valence-electron chi connectivity index (χ4n) is 2.38. The van der Waals surface area contributed by atoms with Crippen molar-refractivity contribution in [3.63, 3.8) is 0 Å². The molecular formula is C15H14ClN3O. The average Bonchev–Trinajstić information content (AvgIpc) is 2.48. The Kier molecular flexibility index (Phi) is 3.67. The van der Waals surface area contributed by atoms with Crippen molar-refractivity contribution in [2.75, 3.05) is 11.9 Å². The van der Waals surface area contributed by atoms with Gasteiger partial charge in [0.2, 0.25) is 0 Å². The van der Waals surface area contributed by atoms with Crippen LogP contribution in [0.5, 0.6) is 0 Å². The van der Waals surface area contributed by atoms with Crippen LogP contribution in [0, 0.1) is 0 Å². The van der Waals surface area contributed by atoms with Crippen LogP contribution in [-0.4, -0.2) is 17.4 Å². The highest BCUT2D eigenvalue weighted by molar-refractivity contribution is 6.34. The molecule has 2 heterocycles. The summed E-state index contributed by atoms with van der Waals surface area (Å²) in [6.45, 7) is 1.75. The minimum Gasteiger partial charge on any atom is -0.322 e. The number of rotatable bonds is 2. The van der Waals surface area contributed by atoms with Crippen molar-refractivity contribution in [2.45, 2.75) is 13.0 Å². The third-order valence-electron chi connectivity index (χ3n) is 3.41. The lowest BCUT2D eigenvalue weighted by Crippen LogP contribution is -2.25. The van der Waals surface area contributed by atoms with E-state index in [0.717, 1.165) is 30.8 Å². The van der Waals surface area contributed by atoms with Gasteiger partial charge in [-0.1, -0.05) is 23.7 Å². The molecule has 3 rings (SSSR count). The number of benzene rings is 1. The number of nitrogens with zero attached hydrogens (tertiary/aromatic N) is 1. The highest BCUT2D eigenvalue weighted by Gasteiger charge is 2.16. The first-order valence-corrected chi connectivity index (χ1v) is 6.86. The lowest BCUT2D eigenvalue weighted by molar-refractivity contribution is 0.102. The Morgan fingerprint density at radius 2 is 2.25 bits per heavy atom. The van der Waals surface area contributed by atoms with Crippen LogP contribution >= 0.6 is 11.6 Å². The number of hydrogen-bond donors (Lipinski definition) is 2. The molecule has 2 aromatic rings. The van der Waals surface area contributed by atoms with Crippen LogP contribution in [0.3, 0.4) is 0 Å². The van der Waals surface area contributed by atoms with Gasteiger partial charge in [0.15, 0.2) is 0 Å². The summed E-state index contributed by atoms with van der Waals surface area (Å²) in [5, 5.41) is 6.61. The fourth-order valence-corrected chi connectivity index (χ4v) is 2.59. The SMILES string of the molecule is O=C(Nc1cccc2c1CNCC2)c1ccncc1Cl. The number of amides is 1. The topological polar surface area (TPSA) is 54.0 Å². The van der Waals surface area contributed by atoms with E-state index in [1.165, 1.54) is 11.8 Å². The summed E-state index contributed by atoms with van der Waals surface area (Å²) in [5.74, 6) is -0.212. The van der Waals surface area contributed by atoms with E-state index in [1.54, 1.807) is 12.3 Å². The quantitative estimate of drug-likeness (QED) is 0.893. The maximum atomic E-state index is 12.3. The summed E-state index contributed by atoms with van der Waals surface area (Å²) in [6.07, 6.45) is 4.01. The van der Waals surface area contributed by atoms with Crippen molar-refractivity contribution in [1.82, 2.24) is 10.3 Å². The number of hydrogen-bond acceptors (Lipinski definition) is 3. The zero-order chi connectivity index (χ0) is 13.9. The van der Waals surface area contributed by atoms with Gasteiger partial charge in [0.25, 0.3) is 5.91 Å². The number of fused-ring (bicyclic) bond motifs is 1. The van der Waals surface area contributed by atoms with Gasteiger partial charge in [-0.3, -0.25) is 9.78 Å². The molecule has 0 saturated heterocycles. The minimum absolute atomic E-state index is 0.212. The maximum Gasteiger partial charge on any atom is 0.257 e. The number of carbonyl (C=O) groups excluding carboxylic acids is 1. The molecule has 1 aliphatic heterocycles. The molecule has 1 amide bonds. The van der Waals surface area contributed by atoms with Crippen molar-refractivity contribution < 1.29 is 4.79 Å². The van der Waals surface area contributed by atoms with Crippen LogP contribution in [0.4, 0.5) is 5.69 Å². The van der Waals surface area contributed by atoms with E-state index in [-0.39, 0.29) is 5.91 Å². The Bertz CT molecular complexity index is 657. The van der Waals surface area contributed by atoms with Gasteiger partial charge in [0.05, 0.1) is 10.6 Å². The molecule has 0 saturated carbocycles. The van der Waals surface area contributed by atoms with E-state index >= 15 is 0 Å². The minimum atomic E-state index is -0.212. The van der Waals surface area contributed by atoms with Crippen molar-refractivity contribution in [2.24, 2.45) is 0 Å². The number of pyridine rings is 1. The molecule has 0 atom stereocenters. The monoisotopic (exact) mass is 287 g/mol. The van der Waals surface area contributed by atoms with Gasteiger partial charge in [0, 0.05) is 24.6 Å². The van der Waals surface area contributed by atoms with Crippen molar-refractivity contribution in [1.29, 1.82) is 0 Å². The summed E-state index contributed by atoms with van der Waals surface area (Å²) < 4.78 is 0. The molecular weight excluding hydrogens is 274 g/mol. The van der Waals surface area contributed by atoms with E-state index in [1.807, 2.05) is 12.1 Å². The van der Waals surface area contributed by atoms with Crippen LogP contribution in [0.25, 0.3) is 0 Å². The van der Waals surface area contributed by atoms with Gasteiger partial charge in [0.1, 0.15) is 0 Å². The van der Waals surface area contributed by atoms with Crippen molar-refractivity contribution in [3.8, 4) is 0 Å². The van der Waals surface area contributed by atoms with E-state index in [2.05, 4.69) is 21.7 Å². The van der Waals surface area contributed by atoms with E-state index in [0.29, 0.717) is 10.6 Å². The largest absolute Gasteiger partial charge is 0.322 e. The van der Waals surface area contributed by atoms with E-state index in [4.69, 9.17) is 11.6 Å². The Morgan fingerprint density at radius 1 is 1.35 bits per heavy atom. The number of nitrogens with one attached hydrogen (secondary N) is 2. The smallest absolute Gasteiger partial charge is 0.257 e. The van der Waals surface area contributed by atoms with Gasteiger partial charge in [-0.05, 0) is 36.2 Å². The summed E-state index contributed by atoms with van der Waals surface area (Å²) in [5.41, 5.74) is 3.70. The van der Waals surface area contributed by atoms with Crippen molar-refractivity contribution >= 4 is 23.2 Å². The van der Waals surface area contributed by atoms with E-state index < -0.39 is 0 Å². The molecule has 5 heteroatoms. The first-order valence-electron chi connectivity index (χ1n) is 6.48. The van der Waals surface area contributed by atoms with Gasteiger partial charge in [-0.25, -0.2) is 0 Å². The van der Waals surface area contributed by atoms with Crippen LogP contribution in [0.1, 0.15) is 21.5 Å². The molecule has 0 unspecified atom stereocenters. The molecule has 1 aromatic carbocycles. The molecule has 1 aromatic heterocycles. The molecule has 1 aliphatic rings. The number of carbonyl (C=O) groups is 1. The molecule has 0 spiro atoms. The zero-order valence-electron chi connectivity index (χ0n) is 10.8. The lowest BCUT2D eigenvalue weighted by atomic mass is 9.99. The van der Waals surface area contributed by atoms with Gasteiger partial charge in [-0.15, -0.1) is 0 Å². The van der Waals surface area contributed by atoms with Crippen LogP contribution in [-0.2, 0) is 13.0 Å². The fraction of sp³-hybridized carbons (Fsp3) is 0.200. The van der Waals surface area contributed by atoms with Crippen LogP contribution in [0.2, 0.25) is 5.02 Å². The standard InChI is InChI=1S/C15H14ClN3O/c16-13-9-18-7-5-11(13)15(20)19-14-3-1-2-10-4-6-17-8-12(10)14/h1-3,5,7,9,17H,4,6,8H2,(H,19,20). The molecule has 0 fully saturated rings. The van der Waals surface area contributed by atoms with E-state index in [9.17, 15) is 4.79 Å². The van der Waals surface area contributed by atoms with Gasteiger partial charge < -0.3 is 10.6 Å². The first kappa shape index (κ1) is 13.1. The zero-order valence-corrected chi connectivity index (χ0v) is 11.6. The van der Waals surface area contributed by atoms with Gasteiger partial charge >= 0.3 is 0 Å². The molecule has 20 heavy (non-hydrogen) atoms. The third kappa shape index (κ3) is 2.53. The summed E-state index contributed by atoms with van der Waals surface area (Å²) >= 11 is 5.99. The predicted molar refractivity (Wildman–Crippen MR) is 79.1 cm³/mol. The van der Waals surface area contributed by atoms with Gasteiger partial charge in [-0.2, -0.15) is 0 Å². The number of aromatic nitrogens is 1. The summed E-state index contributed by atoms with van der Waals surface area (Å²) in [4.78, 5) is 16.2. The highest BCUT2D eigenvalue weighted by atomic mass is 35.5. The van der Waals surface area contributed by atoms with Crippen LogP contribution in [0.15, 0.2) is 36.7 Å². The molecule has 0 bridgehead atoms. The summed E-state index contributed by atoms with van der Waals surface area (Å²) in [7, 11) is 0.